The lowest BCUT2D eigenvalue weighted by atomic mass is 10.0. The van der Waals surface area contributed by atoms with Gasteiger partial charge in [0.2, 0.25) is 35.4 Å². The number of rotatable bonds is 8. The van der Waals surface area contributed by atoms with Crippen molar-refractivity contribution in [2.75, 3.05) is 53.4 Å². The van der Waals surface area contributed by atoms with E-state index in [1.165, 1.54) is 40.0 Å². The molecule has 4 N–H and O–H groups in total. The zero-order chi connectivity index (χ0) is 40.5. The molecular formula is C39H53N9O7S. The molecule has 7 amide bonds. The summed E-state index contributed by atoms with van der Waals surface area (Å²) in [6.45, 7) is 6.10. The van der Waals surface area contributed by atoms with Crippen LogP contribution in [-0.2, 0) is 35.2 Å². The van der Waals surface area contributed by atoms with Crippen LogP contribution in [0.3, 0.4) is 0 Å². The van der Waals surface area contributed by atoms with E-state index in [4.69, 9.17) is 0 Å². The molecule has 2 bridgehead atoms. The van der Waals surface area contributed by atoms with Crippen LogP contribution >= 0.6 is 11.3 Å². The first-order valence-corrected chi connectivity index (χ1v) is 20.0. The number of nitrogens with one attached hydrogen (secondary N) is 4. The van der Waals surface area contributed by atoms with Crippen molar-refractivity contribution in [1.82, 2.24) is 45.5 Å². The number of nitrogens with zero attached hydrogens (tertiary/aromatic N) is 5. The second-order valence-electron chi connectivity index (χ2n) is 15.1. The molecule has 5 rings (SSSR count). The quantitative estimate of drug-likeness (QED) is 0.265. The predicted molar refractivity (Wildman–Crippen MR) is 210 cm³/mol. The van der Waals surface area contributed by atoms with Gasteiger partial charge in [-0.15, -0.1) is 11.3 Å². The summed E-state index contributed by atoms with van der Waals surface area (Å²) < 4.78 is 0. The molecule has 4 heterocycles. The summed E-state index contributed by atoms with van der Waals surface area (Å²) >= 11 is 1.20. The Balaban J connectivity index is 1.40. The number of hydrogen-bond acceptors (Lipinski definition) is 9. The van der Waals surface area contributed by atoms with Crippen molar-refractivity contribution in [1.29, 1.82) is 0 Å². The average molecular weight is 792 g/mol. The van der Waals surface area contributed by atoms with Gasteiger partial charge in [0.1, 0.15) is 22.8 Å². The van der Waals surface area contributed by atoms with Crippen molar-refractivity contribution in [2.45, 2.75) is 77.4 Å². The molecule has 56 heavy (non-hydrogen) atoms. The second-order valence-corrected chi connectivity index (χ2v) is 15.9. The van der Waals surface area contributed by atoms with E-state index >= 15 is 0 Å². The molecule has 302 valence electrons. The zero-order valence-electron chi connectivity index (χ0n) is 32.8. The smallest absolute Gasteiger partial charge is 0.271 e. The van der Waals surface area contributed by atoms with Crippen LogP contribution < -0.4 is 16.0 Å². The molecule has 2 aliphatic rings. The first-order valence-electron chi connectivity index (χ1n) is 19.2. The van der Waals surface area contributed by atoms with E-state index in [0.29, 0.717) is 37.4 Å². The molecule has 16 nitrogen and oxygen atoms in total. The van der Waals surface area contributed by atoms with Gasteiger partial charge in [0.05, 0.1) is 19.1 Å². The minimum Gasteiger partial charge on any atom is -0.361 e. The number of para-hydroxylation sites is 1. The highest BCUT2D eigenvalue weighted by Crippen LogP contribution is 2.26. The van der Waals surface area contributed by atoms with Crippen LogP contribution in [0, 0.1) is 5.92 Å². The Hall–Kier alpha value is -5.32. The van der Waals surface area contributed by atoms with Crippen molar-refractivity contribution in [3.63, 3.8) is 0 Å². The third kappa shape index (κ3) is 10.9. The number of H-pyrrole nitrogens is 1. The molecule has 1 aromatic carbocycles. The van der Waals surface area contributed by atoms with Crippen LogP contribution in [0.5, 0.6) is 0 Å². The van der Waals surface area contributed by atoms with Crippen molar-refractivity contribution in [2.24, 2.45) is 5.92 Å². The number of benzene rings is 1. The Morgan fingerprint density at radius 3 is 2.39 bits per heavy atom. The number of aromatic nitrogens is 2. The van der Waals surface area contributed by atoms with Gasteiger partial charge < -0.3 is 40.5 Å². The predicted octanol–water partition coefficient (Wildman–Crippen LogP) is 1.84. The molecular weight excluding hydrogens is 739 g/mol. The maximum atomic E-state index is 13.9. The van der Waals surface area contributed by atoms with Crippen LogP contribution in [-0.4, -0.2) is 136 Å². The van der Waals surface area contributed by atoms with E-state index in [-0.39, 0.29) is 62.4 Å². The SMILES string of the molecule is CC(C)C[C@@H]1NC(=O)CN(C(=O)CCCN2CCCC2=O)CCN(C)C(=O)[C@H](C)NC(=O)CN(C)C(=O)[C@@H](Cc2c[nH]c3ccccc23)NC(=O)c2csc1n2. The Labute approximate surface area is 330 Å². The van der Waals surface area contributed by atoms with Gasteiger partial charge in [-0.1, -0.05) is 32.0 Å². The fourth-order valence-corrected chi connectivity index (χ4v) is 7.90. The molecule has 3 aromatic rings. The number of carbonyl (C=O) groups is 7. The molecule has 0 radical (unpaired) electrons. The molecule has 1 saturated heterocycles. The zero-order valence-corrected chi connectivity index (χ0v) is 33.6. The lowest BCUT2D eigenvalue weighted by molar-refractivity contribution is -0.139. The van der Waals surface area contributed by atoms with Gasteiger partial charge in [0.25, 0.3) is 5.91 Å². The summed E-state index contributed by atoms with van der Waals surface area (Å²) in [5.41, 5.74) is 1.72. The maximum absolute atomic E-state index is 13.9. The highest BCUT2D eigenvalue weighted by atomic mass is 32.1. The Kier molecular flexibility index (Phi) is 14.2. The summed E-state index contributed by atoms with van der Waals surface area (Å²) in [7, 11) is 3.01. The van der Waals surface area contributed by atoms with Gasteiger partial charge >= 0.3 is 0 Å². The first kappa shape index (κ1) is 41.8. The fourth-order valence-electron chi connectivity index (χ4n) is 7.04. The summed E-state index contributed by atoms with van der Waals surface area (Å²) in [5.74, 6) is -2.65. The van der Waals surface area contributed by atoms with E-state index in [1.54, 1.807) is 23.5 Å². The third-order valence-corrected chi connectivity index (χ3v) is 11.0. The van der Waals surface area contributed by atoms with Gasteiger partial charge in [-0.05, 0) is 43.7 Å². The standard InChI is InChI=1S/C39H53N9O7S/c1-24(2)18-29-37-44-31(23-56-37)36(53)43-30(19-26-20-40-28-11-7-6-10-27(26)28)39(55)46(5)21-32(49)41-25(3)38(54)45(4)16-17-48(22-33(50)42-29)35(52)13-9-15-47-14-8-12-34(47)51/h6-7,10-11,20,23-25,29-30,40H,8-9,12-19,21-22H2,1-5H3,(H,41,49)(H,42,50)(H,43,53)/t25-,29-,30+/m0/s1. The number of likely N-dealkylation sites (N-methyl/N-ethyl adjacent to an activating group) is 2. The fraction of sp³-hybridized carbons (Fsp3) is 0.538. The lowest BCUT2D eigenvalue weighted by Gasteiger charge is -2.28. The van der Waals surface area contributed by atoms with Crippen molar-refractivity contribution < 1.29 is 33.6 Å². The number of thiazole rings is 1. The number of hydrogen-bond donors (Lipinski definition) is 4. The summed E-state index contributed by atoms with van der Waals surface area (Å²) in [5, 5.41) is 11.5. The van der Waals surface area contributed by atoms with Crippen LogP contribution in [0.15, 0.2) is 35.8 Å². The van der Waals surface area contributed by atoms with E-state index in [2.05, 4.69) is 25.9 Å². The van der Waals surface area contributed by atoms with E-state index in [1.807, 2.05) is 38.1 Å². The Morgan fingerprint density at radius 1 is 0.911 bits per heavy atom. The molecule has 3 atom stereocenters. The van der Waals surface area contributed by atoms with Gasteiger partial charge in [0, 0.05) is 82.0 Å². The van der Waals surface area contributed by atoms with Crippen molar-refractivity contribution >= 4 is 63.6 Å². The molecule has 0 unspecified atom stereocenters. The van der Waals surface area contributed by atoms with Crippen LogP contribution in [0.25, 0.3) is 10.9 Å². The van der Waals surface area contributed by atoms with Crippen LogP contribution in [0.1, 0.15) is 80.0 Å². The van der Waals surface area contributed by atoms with Gasteiger partial charge in [-0.3, -0.25) is 33.6 Å². The lowest BCUT2D eigenvalue weighted by Crippen LogP contribution is -2.53. The third-order valence-electron chi connectivity index (χ3n) is 10.1. The molecule has 17 heteroatoms. The minimum absolute atomic E-state index is 0.0449. The summed E-state index contributed by atoms with van der Waals surface area (Å²) in [6, 6.07) is 4.98. The van der Waals surface area contributed by atoms with E-state index in [0.717, 1.165) is 22.9 Å². The number of likely N-dealkylation sites (tertiary alicyclic amines) is 1. The molecule has 1 fully saturated rings. The van der Waals surface area contributed by atoms with E-state index < -0.39 is 47.7 Å². The molecule has 2 aliphatic heterocycles. The summed E-state index contributed by atoms with van der Waals surface area (Å²) in [6.07, 6.45) is 4.24. The van der Waals surface area contributed by atoms with E-state index in [9.17, 15) is 33.6 Å². The van der Waals surface area contributed by atoms with Gasteiger partial charge in [-0.2, -0.15) is 0 Å². The maximum Gasteiger partial charge on any atom is 0.271 e. The van der Waals surface area contributed by atoms with Crippen molar-refractivity contribution in [3.05, 3.63) is 52.1 Å². The minimum atomic E-state index is -1.07. The van der Waals surface area contributed by atoms with Crippen LogP contribution in [0.2, 0.25) is 0 Å². The average Bonchev–Trinajstić information content (AvgIpc) is 3.92. The monoisotopic (exact) mass is 791 g/mol. The van der Waals surface area contributed by atoms with Crippen molar-refractivity contribution in [3.8, 4) is 0 Å². The molecule has 0 saturated carbocycles. The second kappa shape index (κ2) is 19.0. The van der Waals surface area contributed by atoms with Gasteiger partial charge in [-0.25, -0.2) is 4.98 Å². The topological polar surface area (TPSA) is 197 Å². The Bertz CT molecular complexity index is 1930. The number of aromatic amines is 1. The normalized spacial score (nSPS) is 21.4. The van der Waals surface area contributed by atoms with Crippen LogP contribution in [0.4, 0.5) is 0 Å². The summed E-state index contributed by atoms with van der Waals surface area (Å²) in [4.78, 5) is 107. The molecule has 0 aliphatic carbocycles. The van der Waals surface area contributed by atoms with Gasteiger partial charge in [0.15, 0.2) is 0 Å². The molecule has 0 spiro atoms. The highest BCUT2D eigenvalue weighted by molar-refractivity contribution is 7.09. The number of fused-ring (bicyclic) bond motifs is 3. The number of amides is 7. The largest absolute Gasteiger partial charge is 0.361 e. The Morgan fingerprint density at radius 2 is 1.66 bits per heavy atom. The highest BCUT2D eigenvalue weighted by Gasteiger charge is 2.31. The first-order chi connectivity index (χ1) is 26.7. The molecule has 2 aromatic heterocycles. The number of carbonyl (C=O) groups excluding carboxylic acids is 7.